The van der Waals surface area contributed by atoms with Crippen LogP contribution in [0.25, 0.3) is 0 Å². The second kappa shape index (κ2) is 6.42. The summed E-state index contributed by atoms with van der Waals surface area (Å²) in [6.07, 6.45) is 0.862. The van der Waals surface area contributed by atoms with Gasteiger partial charge in [-0.1, -0.05) is 24.6 Å². The highest BCUT2D eigenvalue weighted by Gasteiger charge is 2.06. The molecule has 0 amide bonds. The first-order chi connectivity index (χ1) is 9.13. The van der Waals surface area contributed by atoms with E-state index in [9.17, 15) is 0 Å². The van der Waals surface area contributed by atoms with Gasteiger partial charge in [0.2, 0.25) is 0 Å². The highest BCUT2D eigenvalue weighted by Crippen LogP contribution is 2.32. The number of ether oxygens (including phenoxy) is 1. The van der Waals surface area contributed by atoms with E-state index >= 15 is 0 Å². The standard InChI is InChI=1S/C15H14BrClO2/c1-2-11-8-12(4-5-14(11)17)19-15-6-3-10(9-18)7-13(15)16/h3-8,18H,2,9H2,1H3. The molecule has 0 heterocycles. The lowest BCUT2D eigenvalue weighted by Crippen LogP contribution is -1.90. The molecule has 0 bridgehead atoms. The number of benzene rings is 2. The minimum atomic E-state index is 0.0137. The molecule has 0 saturated carbocycles. The average Bonchev–Trinajstić information content (AvgIpc) is 2.43. The van der Waals surface area contributed by atoms with Crippen molar-refractivity contribution in [3.8, 4) is 11.5 Å². The van der Waals surface area contributed by atoms with E-state index in [1.807, 2.05) is 36.4 Å². The molecule has 0 fully saturated rings. The van der Waals surface area contributed by atoms with Crippen LogP contribution in [-0.2, 0) is 13.0 Å². The van der Waals surface area contributed by atoms with E-state index in [0.717, 1.165) is 32.8 Å². The molecule has 0 aliphatic rings. The van der Waals surface area contributed by atoms with Gasteiger partial charge in [-0.25, -0.2) is 0 Å². The van der Waals surface area contributed by atoms with E-state index < -0.39 is 0 Å². The normalized spacial score (nSPS) is 10.5. The van der Waals surface area contributed by atoms with E-state index in [-0.39, 0.29) is 6.61 Å². The second-order valence-electron chi connectivity index (χ2n) is 4.13. The lowest BCUT2D eigenvalue weighted by molar-refractivity contribution is 0.281. The fourth-order valence-electron chi connectivity index (χ4n) is 1.74. The summed E-state index contributed by atoms with van der Waals surface area (Å²) in [7, 11) is 0. The summed E-state index contributed by atoms with van der Waals surface area (Å²) in [6, 6.07) is 11.1. The van der Waals surface area contributed by atoms with Crippen LogP contribution in [0.4, 0.5) is 0 Å². The molecule has 1 N–H and O–H groups in total. The molecule has 2 aromatic rings. The topological polar surface area (TPSA) is 29.5 Å². The van der Waals surface area contributed by atoms with Crippen molar-refractivity contribution in [3.63, 3.8) is 0 Å². The maximum Gasteiger partial charge on any atom is 0.141 e. The second-order valence-corrected chi connectivity index (χ2v) is 5.39. The van der Waals surface area contributed by atoms with Crippen molar-refractivity contribution in [3.05, 3.63) is 57.0 Å². The lowest BCUT2D eigenvalue weighted by Gasteiger charge is -2.10. The first-order valence-corrected chi connectivity index (χ1v) is 7.16. The van der Waals surface area contributed by atoms with Crippen LogP contribution in [0.3, 0.4) is 0 Å². The number of aliphatic hydroxyl groups is 1. The lowest BCUT2D eigenvalue weighted by atomic mass is 10.1. The van der Waals surface area contributed by atoms with Gasteiger partial charge in [-0.2, -0.15) is 0 Å². The number of aryl methyl sites for hydroxylation is 1. The number of aliphatic hydroxyl groups excluding tert-OH is 1. The van der Waals surface area contributed by atoms with Crippen LogP contribution >= 0.6 is 27.5 Å². The number of halogens is 2. The van der Waals surface area contributed by atoms with Crippen molar-refractivity contribution in [1.82, 2.24) is 0 Å². The highest BCUT2D eigenvalue weighted by molar-refractivity contribution is 9.10. The summed E-state index contributed by atoms with van der Waals surface area (Å²) in [6.45, 7) is 2.07. The molecule has 2 nitrogen and oxygen atoms in total. The monoisotopic (exact) mass is 340 g/mol. The maximum atomic E-state index is 9.07. The Bertz CT molecular complexity index is 584. The number of rotatable bonds is 4. The summed E-state index contributed by atoms with van der Waals surface area (Å²) in [5.74, 6) is 1.46. The fraction of sp³-hybridized carbons (Fsp3) is 0.200. The summed E-state index contributed by atoms with van der Waals surface area (Å²) >= 11 is 9.51. The van der Waals surface area contributed by atoms with Crippen molar-refractivity contribution in [1.29, 1.82) is 0 Å². The molecule has 4 heteroatoms. The van der Waals surface area contributed by atoms with Gasteiger partial charge in [0.25, 0.3) is 0 Å². The molecule has 100 valence electrons. The third-order valence-electron chi connectivity index (χ3n) is 2.80. The Balaban J connectivity index is 2.26. The summed E-state index contributed by atoms with van der Waals surface area (Å²) in [5, 5.41) is 9.82. The van der Waals surface area contributed by atoms with Gasteiger partial charge in [-0.05, 0) is 63.8 Å². The predicted molar refractivity (Wildman–Crippen MR) is 81.0 cm³/mol. The fourth-order valence-corrected chi connectivity index (χ4v) is 2.50. The Morgan fingerprint density at radius 3 is 2.63 bits per heavy atom. The van der Waals surface area contributed by atoms with Crippen LogP contribution in [0, 0.1) is 0 Å². The van der Waals surface area contributed by atoms with Crippen LogP contribution < -0.4 is 4.74 Å². The van der Waals surface area contributed by atoms with Crippen LogP contribution in [0.15, 0.2) is 40.9 Å². The molecule has 2 aromatic carbocycles. The first kappa shape index (κ1) is 14.4. The highest BCUT2D eigenvalue weighted by atomic mass is 79.9. The van der Waals surface area contributed by atoms with Crippen LogP contribution in [0.5, 0.6) is 11.5 Å². The SMILES string of the molecule is CCc1cc(Oc2ccc(CO)cc2Br)ccc1Cl. The molecule has 0 atom stereocenters. The molecular weight excluding hydrogens is 328 g/mol. The maximum absolute atomic E-state index is 9.07. The minimum Gasteiger partial charge on any atom is -0.456 e. The third kappa shape index (κ3) is 3.50. The summed E-state index contributed by atoms with van der Waals surface area (Å²) < 4.78 is 6.63. The summed E-state index contributed by atoms with van der Waals surface area (Å²) in [5.41, 5.74) is 1.90. The Morgan fingerprint density at radius 2 is 2.00 bits per heavy atom. The molecule has 2 rings (SSSR count). The Morgan fingerprint density at radius 1 is 1.21 bits per heavy atom. The minimum absolute atomic E-state index is 0.0137. The van der Waals surface area contributed by atoms with Gasteiger partial charge in [0.05, 0.1) is 11.1 Å². The van der Waals surface area contributed by atoms with E-state index in [0.29, 0.717) is 5.75 Å². The molecular formula is C15H14BrClO2. The quantitative estimate of drug-likeness (QED) is 0.852. The predicted octanol–water partition coefficient (Wildman–Crippen LogP) is 4.95. The summed E-state index contributed by atoms with van der Waals surface area (Å²) in [4.78, 5) is 0. The number of hydrogen-bond donors (Lipinski definition) is 1. The van der Waals surface area contributed by atoms with E-state index in [1.165, 1.54) is 0 Å². The van der Waals surface area contributed by atoms with E-state index in [4.69, 9.17) is 21.4 Å². The molecule has 19 heavy (non-hydrogen) atoms. The zero-order valence-electron chi connectivity index (χ0n) is 10.5. The van der Waals surface area contributed by atoms with Crippen molar-refractivity contribution < 1.29 is 9.84 Å². The average molecular weight is 342 g/mol. The van der Waals surface area contributed by atoms with Gasteiger partial charge in [-0.15, -0.1) is 0 Å². The van der Waals surface area contributed by atoms with E-state index in [1.54, 1.807) is 0 Å². The third-order valence-corrected chi connectivity index (χ3v) is 3.79. The largest absolute Gasteiger partial charge is 0.456 e. The molecule has 0 aliphatic carbocycles. The van der Waals surface area contributed by atoms with Crippen LogP contribution in [0.2, 0.25) is 5.02 Å². The van der Waals surface area contributed by atoms with Gasteiger partial charge in [0.1, 0.15) is 11.5 Å². The van der Waals surface area contributed by atoms with Gasteiger partial charge in [0.15, 0.2) is 0 Å². The molecule has 0 aromatic heterocycles. The molecule has 0 unspecified atom stereocenters. The Hall–Kier alpha value is -1.03. The van der Waals surface area contributed by atoms with Crippen molar-refractivity contribution in [2.45, 2.75) is 20.0 Å². The zero-order chi connectivity index (χ0) is 13.8. The zero-order valence-corrected chi connectivity index (χ0v) is 12.8. The van der Waals surface area contributed by atoms with Crippen LogP contribution in [-0.4, -0.2) is 5.11 Å². The smallest absolute Gasteiger partial charge is 0.141 e. The van der Waals surface area contributed by atoms with Gasteiger partial charge < -0.3 is 9.84 Å². The van der Waals surface area contributed by atoms with Gasteiger partial charge >= 0.3 is 0 Å². The molecule has 0 saturated heterocycles. The van der Waals surface area contributed by atoms with Gasteiger partial charge in [0, 0.05) is 5.02 Å². The van der Waals surface area contributed by atoms with Gasteiger partial charge in [-0.3, -0.25) is 0 Å². The molecule has 0 radical (unpaired) electrons. The van der Waals surface area contributed by atoms with Crippen molar-refractivity contribution in [2.75, 3.05) is 0 Å². The van der Waals surface area contributed by atoms with Crippen LogP contribution in [0.1, 0.15) is 18.1 Å². The number of hydrogen-bond acceptors (Lipinski definition) is 2. The van der Waals surface area contributed by atoms with Crippen molar-refractivity contribution in [2.24, 2.45) is 0 Å². The Kier molecular flexibility index (Phi) is 4.86. The van der Waals surface area contributed by atoms with Crippen molar-refractivity contribution >= 4 is 27.5 Å². The molecule has 0 aliphatic heterocycles. The van der Waals surface area contributed by atoms with E-state index in [2.05, 4.69) is 22.9 Å². The first-order valence-electron chi connectivity index (χ1n) is 5.99. The molecule has 0 spiro atoms. The Labute approximate surface area is 126 Å².